The number of carboxylic acid groups (broad SMARTS) is 1. The summed E-state index contributed by atoms with van der Waals surface area (Å²) in [5.41, 5.74) is -0.198. The highest BCUT2D eigenvalue weighted by Crippen LogP contribution is 2.27. The summed E-state index contributed by atoms with van der Waals surface area (Å²) in [7, 11) is -4.19. The van der Waals surface area contributed by atoms with Crippen LogP contribution in [-0.2, 0) is 14.8 Å². The van der Waals surface area contributed by atoms with Crippen LogP contribution < -0.4 is 19.8 Å². The summed E-state index contributed by atoms with van der Waals surface area (Å²) in [6.45, 7) is 1.64. The Morgan fingerprint density at radius 2 is 1.64 bits per heavy atom. The number of nitro groups is 1. The van der Waals surface area contributed by atoms with Gasteiger partial charge in [0.2, 0.25) is 16.0 Å². The second-order valence-corrected chi connectivity index (χ2v) is 10.2. The summed E-state index contributed by atoms with van der Waals surface area (Å²) < 4.78 is 27.0. The van der Waals surface area contributed by atoms with Gasteiger partial charge in [0.25, 0.3) is 11.6 Å². The predicted molar refractivity (Wildman–Crippen MR) is 140 cm³/mol. The predicted octanol–water partition coefficient (Wildman–Crippen LogP) is 0.873. The van der Waals surface area contributed by atoms with E-state index < -0.39 is 45.1 Å². The minimum Gasteiger partial charge on any atom is -0.480 e. The van der Waals surface area contributed by atoms with Gasteiger partial charge >= 0.3 is 5.97 Å². The van der Waals surface area contributed by atoms with Crippen molar-refractivity contribution >= 4 is 39.2 Å². The molecule has 1 amide bonds. The number of amides is 1. The Labute approximate surface area is 223 Å². The van der Waals surface area contributed by atoms with E-state index in [1.165, 1.54) is 36.4 Å². The fourth-order valence-corrected chi connectivity index (χ4v) is 5.21. The van der Waals surface area contributed by atoms with Crippen molar-refractivity contribution in [3.63, 3.8) is 0 Å². The first-order chi connectivity index (χ1) is 18.7. The van der Waals surface area contributed by atoms with Crippen molar-refractivity contribution in [1.29, 1.82) is 0 Å². The summed E-state index contributed by atoms with van der Waals surface area (Å²) in [4.78, 5) is 47.8. The number of piperazine rings is 1. The minimum atomic E-state index is -4.19. The number of aromatic nitrogens is 2. The number of anilines is 2. The second-order valence-electron chi connectivity index (χ2n) is 8.52. The molecule has 3 N–H and O–H groups in total. The molecule has 1 aliphatic heterocycles. The standard InChI is InChI=1S/C24H25N7O7S/c32-22(27-16-20(23(33)34)28-39(37,38)18-5-2-1-3-6-18)19-8-7-17(15-21(19)31(35)36)29-11-13-30(14-12-29)24-25-9-4-10-26-24/h1-10,15,20,28H,11-14,16H2,(H,27,32)(H,33,34)/t20-/m0/s1. The third-order valence-electron chi connectivity index (χ3n) is 6.02. The molecular weight excluding hydrogens is 530 g/mol. The molecule has 0 radical (unpaired) electrons. The Balaban J connectivity index is 1.43. The first-order valence-corrected chi connectivity index (χ1v) is 13.3. The number of sulfonamides is 1. The third kappa shape index (κ3) is 6.63. The van der Waals surface area contributed by atoms with Gasteiger partial charge < -0.3 is 20.2 Å². The van der Waals surface area contributed by atoms with Crippen molar-refractivity contribution in [1.82, 2.24) is 20.0 Å². The molecule has 0 bridgehead atoms. The lowest BCUT2D eigenvalue weighted by atomic mass is 10.1. The van der Waals surface area contributed by atoms with Crippen molar-refractivity contribution < 1.29 is 28.0 Å². The highest BCUT2D eigenvalue weighted by Gasteiger charge is 2.28. The third-order valence-corrected chi connectivity index (χ3v) is 7.51. The van der Waals surface area contributed by atoms with Crippen LogP contribution in [0.15, 0.2) is 71.9 Å². The zero-order valence-corrected chi connectivity index (χ0v) is 21.3. The molecule has 204 valence electrons. The molecule has 39 heavy (non-hydrogen) atoms. The molecular formula is C24H25N7O7S. The van der Waals surface area contributed by atoms with Gasteiger partial charge in [0.1, 0.15) is 11.6 Å². The lowest BCUT2D eigenvalue weighted by Gasteiger charge is -2.36. The van der Waals surface area contributed by atoms with Gasteiger partial charge in [-0.15, -0.1) is 0 Å². The van der Waals surface area contributed by atoms with E-state index in [4.69, 9.17) is 0 Å². The van der Waals surface area contributed by atoms with Crippen molar-refractivity contribution in [2.24, 2.45) is 0 Å². The normalized spacial score (nSPS) is 14.5. The fraction of sp³-hybridized carbons (Fsp3) is 0.250. The molecule has 1 aliphatic rings. The summed E-state index contributed by atoms with van der Waals surface area (Å²) in [5.74, 6) is -1.84. The van der Waals surface area contributed by atoms with E-state index in [0.29, 0.717) is 37.8 Å². The number of nitrogens with zero attached hydrogens (tertiary/aromatic N) is 5. The fourth-order valence-electron chi connectivity index (χ4n) is 4.00. The second kappa shape index (κ2) is 11.8. The average molecular weight is 556 g/mol. The average Bonchev–Trinajstić information content (AvgIpc) is 2.95. The molecule has 3 aromatic rings. The molecule has 2 heterocycles. The smallest absolute Gasteiger partial charge is 0.323 e. The molecule has 15 heteroatoms. The highest BCUT2D eigenvalue weighted by atomic mass is 32.2. The van der Waals surface area contributed by atoms with Crippen LogP contribution in [0.1, 0.15) is 10.4 Å². The Kier molecular flexibility index (Phi) is 8.31. The lowest BCUT2D eigenvalue weighted by Crippen LogP contribution is -2.48. The topological polar surface area (TPSA) is 188 Å². The lowest BCUT2D eigenvalue weighted by molar-refractivity contribution is -0.385. The quantitative estimate of drug-likeness (QED) is 0.238. The van der Waals surface area contributed by atoms with Crippen molar-refractivity contribution in [2.45, 2.75) is 10.9 Å². The Morgan fingerprint density at radius 1 is 1.00 bits per heavy atom. The van der Waals surface area contributed by atoms with Gasteiger partial charge in [0, 0.05) is 56.9 Å². The molecule has 0 unspecified atom stereocenters. The molecule has 0 spiro atoms. The maximum Gasteiger partial charge on any atom is 0.323 e. The molecule has 1 fully saturated rings. The van der Waals surface area contributed by atoms with Gasteiger partial charge in [0.05, 0.1) is 9.82 Å². The Hall–Kier alpha value is -4.63. The van der Waals surface area contributed by atoms with E-state index in [1.807, 2.05) is 14.5 Å². The summed E-state index contributed by atoms with van der Waals surface area (Å²) in [5, 5.41) is 23.6. The number of hydrogen-bond acceptors (Lipinski definition) is 10. The molecule has 1 saturated heterocycles. The summed E-state index contributed by atoms with van der Waals surface area (Å²) >= 11 is 0. The zero-order valence-electron chi connectivity index (χ0n) is 20.5. The largest absolute Gasteiger partial charge is 0.480 e. The van der Waals surface area contributed by atoms with Gasteiger partial charge in [0.15, 0.2) is 0 Å². The summed E-state index contributed by atoms with van der Waals surface area (Å²) in [6, 6.07) is 11.3. The zero-order chi connectivity index (χ0) is 28.0. The molecule has 4 rings (SSSR count). The molecule has 1 atom stereocenters. The molecule has 1 aromatic heterocycles. The van der Waals surface area contributed by atoms with E-state index in [0.717, 1.165) is 0 Å². The number of carbonyl (C=O) groups excluding carboxylic acids is 1. The first kappa shape index (κ1) is 27.4. The van der Waals surface area contributed by atoms with Gasteiger partial charge in [-0.2, -0.15) is 4.72 Å². The van der Waals surface area contributed by atoms with Gasteiger partial charge in [-0.05, 0) is 30.3 Å². The number of nitro benzene ring substituents is 1. The molecule has 0 saturated carbocycles. The minimum absolute atomic E-state index is 0.147. The first-order valence-electron chi connectivity index (χ1n) is 11.8. The van der Waals surface area contributed by atoms with Crippen LogP contribution in [0.4, 0.5) is 17.3 Å². The van der Waals surface area contributed by atoms with E-state index in [2.05, 4.69) is 15.3 Å². The monoisotopic (exact) mass is 555 g/mol. The number of benzene rings is 2. The van der Waals surface area contributed by atoms with Crippen LogP contribution in [0.5, 0.6) is 0 Å². The maximum atomic E-state index is 12.8. The van der Waals surface area contributed by atoms with Crippen LogP contribution >= 0.6 is 0 Å². The van der Waals surface area contributed by atoms with E-state index >= 15 is 0 Å². The number of nitrogens with one attached hydrogen (secondary N) is 2. The van der Waals surface area contributed by atoms with Crippen molar-refractivity contribution in [2.75, 3.05) is 42.5 Å². The van der Waals surface area contributed by atoms with Crippen molar-refractivity contribution in [3.05, 3.63) is 82.7 Å². The number of rotatable bonds is 10. The highest BCUT2D eigenvalue weighted by molar-refractivity contribution is 7.89. The number of hydrogen-bond donors (Lipinski definition) is 3. The van der Waals surface area contributed by atoms with Crippen LogP contribution in [0.3, 0.4) is 0 Å². The summed E-state index contributed by atoms with van der Waals surface area (Å²) in [6.07, 6.45) is 3.30. The molecule has 2 aromatic carbocycles. The Bertz CT molecular complexity index is 1450. The van der Waals surface area contributed by atoms with E-state index in [-0.39, 0.29) is 10.5 Å². The number of carbonyl (C=O) groups is 2. The molecule has 0 aliphatic carbocycles. The van der Waals surface area contributed by atoms with Crippen LogP contribution in [0.2, 0.25) is 0 Å². The number of carboxylic acids is 1. The Morgan fingerprint density at radius 3 is 2.26 bits per heavy atom. The van der Waals surface area contributed by atoms with Crippen LogP contribution in [0.25, 0.3) is 0 Å². The SMILES string of the molecule is O=C(NC[C@H](NS(=O)(=O)c1ccccc1)C(=O)O)c1ccc(N2CCN(c3ncccn3)CC2)cc1[N+](=O)[O-]. The van der Waals surface area contributed by atoms with E-state index in [9.17, 15) is 33.2 Å². The van der Waals surface area contributed by atoms with Gasteiger partial charge in [-0.25, -0.2) is 18.4 Å². The van der Waals surface area contributed by atoms with E-state index in [1.54, 1.807) is 30.6 Å². The van der Waals surface area contributed by atoms with Crippen LogP contribution in [-0.4, -0.2) is 79.1 Å². The molecule has 14 nitrogen and oxygen atoms in total. The van der Waals surface area contributed by atoms with Crippen LogP contribution in [0, 0.1) is 10.1 Å². The van der Waals surface area contributed by atoms with Gasteiger partial charge in [-0.1, -0.05) is 18.2 Å². The maximum absolute atomic E-state index is 12.8. The van der Waals surface area contributed by atoms with Crippen molar-refractivity contribution in [3.8, 4) is 0 Å². The number of aliphatic carboxylic acids is 1. The van der Waals surface area contributed by atoms with Gasteiger partial charge in [-0.3, -0.25) is 19.7 Å².